The van der Waals surface area contributed by atoms with Crippen LogP contribution in [0.5, 0.6) is 11.5 Å². The van der Waals surface area contributed by atoms with Gasteiger partial charge in [0.1, 0.15) is 18.1 Å². The number of methoxy groups -OCH3 is 1. The molecule has 1 aromatic heterocycles. The van der Waals surface area contributed by atoms with Crippen molar-refractivity contribution in [3.8, 4) is 11.5 Å². The maximum absolute atomic E-state index is 11.9. The zero-order valence-electron chi connectivity index (χ0n) is 16.7. The molecule has 154 valence electrons. The molecule has 7 heteroatoms. The number of hydrogen-bond donors (Lipinski definition) is 1. The highest BCUT2D eigenvalue weighted by atomic mass is 32.1. The Hall–Kier alpha value is -3.58. The zero-order chi connectivity index (χ0) is 21.3. The van der Waals surface area contributed by atoms with E-state index in [0.717, 1.165) is 21.8 Å². The molecule has 2 N–H and O–H groups in total. The van der Waals surface area contributed by atoms with Crippen LogP contribution in [0.4, 0.5) is 0 Å². The standard InChI is InChI=1S/C23H22N2O4S/c1-16-5-9-19(10-6-16)28-15-18-14-17(7-11-20(18)27-2)8-12-22(26)29-25-23(24)21-4-3-13-30-21/h3-14H,15H2,1-2H3,(H2,24,25)/b12-8-. The largest absolute Gasteiger partial charge is 0.496 e. The highest BCUT2D eigenvalue weighted by Crippen LogP contribution is 2.23. The van der Waals surface area contributed by atoms with E-state index in [1.807, 2.05) is 60.8 Å². The van der Waals surface area contributed by atoms with Crippen LogP contribution in [-0.2, 0) is 16.2 Å². The van der Waals surface area contributed by atoms with Crippen LogP contribution in [0.2, 0.25) is 0 Å². The monoisotopic (exact) mass is 422 g/mol. The van der Waals surface area contributed by atoms with Crippen LogP contribution in [0.1, 0.15) is 21.6 Å². The highest BCUT2D eigenvalue weighted by molar-refractivity contribution is 7.12. The number of carbonyl (C=O) groups excluding carboxylic acids is 1. The lowest BCUT2D eigenvalue weighted by molar-refractivity contribution is -0.137. The van der Waals surface area contributed by atoms with Gasteiger partial charge >= 0.3 is 5.97 Å². The summed E-state index contributed by atoms with van der Waals surface area (Å²) >= 11 is 1.41. The Morgan fingerprint density at radius 2 is 1.97 bits per heavy atom. The van der Waals surface area contributed by atoms with E-state index in [0.29, 0.717) is 12.4 Å². The van der Waals surface area contributed by atoms with Crippen molar-refractivity contribution in [3.05, 3.63) is 87.6 Å². The van der Waals surface area contributed by atoms with Gasteiger partial charge in [-0.2, -0.15) is 0 Å². The van der Waals surface area contributed by atoms with Crippen molar-refractivity contribution in [1.29, 1.82) is 0 Å². The van der Waals surface area contributed by atoms with E-state index in [2.05, 4.69) is 5.16 Å². The van der Waals surface area contributed by atoms with E-state index in [1.54, 1.807) is 19.3 Å². The van der Waals surface area contributed by atoms with E-state index in [-0.39, 0.29) is 5.84 Å². The lowest BCUT2D eigenvalue weighted by Gasteiger charge is -2.11. The summed E-state index contributed by atoms with van der Waals surface area (Å²) in [6.07, 6.45) is 2.92. The first-order valence-electron chi connectivity index (χ1n) is 9.18. The molecular weight excluding hydrogens is 400 g/mol. The maximum Gasteiger partial charge on any atom is 0.358 e. The van der Waals surface area contributed by atoms with Gasteiger partial charge < -0.3 is 20.0 Å². The van der Waals surface area contributed by atoms with Crippen molar-refractivity contribution in [2.75, 3.05) is 7.11 Å². The smallest absolute Gasteiger partial charge is 0.358 e. The number of rotatable bonds is 8. The van der Waals surface area contributed by atoms with Crippen molar-refractivity contribution >= 4 is 29.2 Å². The molecule has 2 aromatic carbocycles. The van der Waals surface area contributed by atoms with Crippen molar-refractivity contribution < 1.29 is 19.1 Å². The first-order chi connectivity index (χ1) is 14.5. The minimum Gasteiger partial charge on any atom is -0.496 e. The second kappa shape index (κ2) is 10.3. The molecule has 0 fully saturated rings. The summed E-state index contributed by atoms with van der Waals surface area (Å²) in [5.41, 5.74) is 8.59. The summed E-state index contributed by atoms with van der Waals surface area (Å²) in [4.78, 5) is 17.5. The van der Waals surface area contributed by atoms with Crippen LogP contribution in [0, 0.1) is 6.92 Å². The van der Waals surface area contributed by atoms with Crippen LogP contribution < -0.4 is 15.2 Å². The minimum atomic E-state index is -0.622. The number of thiophene rings is 1. The van der Waals surface area contributed by atoms with Crippen LogP contribution in [0.25, 0.3) is 6.08 Å². The van der Waals surface area contributed by atoms with Crippen LogP contribution in [0.3, 0.4) is 0 Å². The first-order valence-corrected chi connectivity index (χ1v) is 10.1. The molecule has 0 saturated carbocycles. The van der Waals surface area contributed by atoms with Crippen molar-refractivity contribution in [3.63, 3.8) is 0 Å². The predicted molar refractivity (Wildman–Crippen MR) is 119 cm³/mol. The number of nitrogens with two attached hydrogens (primary N) is 1. The molecule has 0 saturated heterocycles. The second-order valence-corrected chi connectivity index (χ2v) is 7.32. The maximum atomic E-state index is 11.9. The van der Waals surface area contributed by atoms with Gasteiger partial charge in [0.25, 0.3) is 0 Å². The molecule has 30 heavy (non-hydrogen) atoms. The van der Waals surface area contributed by atoms with E-state index < -0.39 is 5.97 Å². The number of carbonyl (C=O) groups is 1. The lowest BCUT2D eigenvalue weighted by Crippen LogP contribution is -2.13. The van der Waals surface area contributed by atoms with E-state index in [1.165, 1.54) is 23.0 Å². The average Bonchev–Trinajstić information content (AvgIpc) is 3.31. The summed E-state index contributed by atoms with van der Waals surface area (Å²) in [7, 11) is 1.60. The minimum absolute atomic E-state index is 0.159. The summed E-state index contributed by atoms with van der Waals surface area (Å²) in [5, 5.41) is 5.52. The van der Waals surface area contributed by atoms with Gasteiger partial charge in [0.05, 0.1) is 12.0 Å². The quantitative estimate of drug-likeness (QED) is 0.190. The molecule has 6 nitrogen and oxygen atoms in total. The van der Waals surface area contributed by atoms with Gasteiger partial charge in [-0.05, 0) is 54.3 Å². The van der Waals surface area contributed by atoms with Gasteiger partial charge in [-0.15, -0.1) is 11.3 Å². The van der Waals surface area contributed by atoms with Gasteiger partial charge in [0.2, 0.25) is 0 Å². The molecule has 0 aliphatic heterocycles. The molecule has 3 aromatic rings. The molecule has 0 radical (unpaired) electrons. The highest BCUT2D eigenvalue weighted by Gasteiger charge is 2.06. The van der Waals surface area contributed by atoms with Crippen molar-refractivity contribution in [2.45, 2.75) is 13.5 Å². The van der Waals surface area contributed by atoms with Crippen LogP contribution in [0.15, 0.2) is 71.2 Å². The van der Waals surface area contributed by atoms with E-state index in [4.69, 9.17) is 20.0 Å². The number of hydrogen-bond acceptors (Lipinski definition) is 6. The third kappa shape index (κ3) is 5.96. The third-order valence-electron chi connectivity index (χ3n) is 4.14. The predicted octanol–water partition coefficient (Wildman–Crippen LogP) is 4.52. The number of oxime groups is 1. The topological polar surface area (TPSA) is 83.1 Å². The molecule has 0 amide bonds. The van der Waals surface area contributed by atoms with E-state index in [9.17, 15) is 4.79 Å². The summed E-state index contributed by atoms with van der Waals surface area (Å²) in [6.45, 7) is 2.36. The lowest BCUT2D eigenvalue weighted by atomic mass is 10.1. The Bertz CT molecular complexity index is 1040. The Morgan fingerprint density at radius 3 is 2.67 bits per heavy atom. The number of amidine groups is 1. The molecule has 0 bridgehead atoms. The number of benzene rings is 2. The number of ether oxygens (including phenoxy) is 2. The van der Waals surface area contributed by atoms with E-state index >= 15 is 0 Å². The van der Waals surface area contributed by atoms with Gasteiger partial charge in [0.15, 0.2) is 5.84 Å². The Morgan fingerprint density at radius 1 is 1.17 bits per heavy atom. The van der Waals surface area contributed by atoms with Crippen molar-refractivity contribution in [2.24, 2.45) is 10.9 Å². The Labute approximate surface area is 179 Å². The first kappa shape index (κ1) is 21.1. The molecular formula is C23H22N2O4S. The van der Waals surface area contributed by atoms with Gasteiger partial charge in [-0.1, -0.05) is 35.0 Å². The molecule has 0 aliphatic carbocycles. The third-order valence-corrected chi connectivity index (χ3v) is 5.03. The molecule has 0 spiro atoms. The number of aryl methyl sites for hydroxylation is 1. The molecule has 0 aliphatic rings. The van der Waals surface area contributed by atoms with Crippen LogP contribution in [-0.4, -0.2) is 18.9 Å². The number of nitrogens with zero attached hydrogens (tertiary/aromatic N) is 1. The fraction of sp³-hybridized carbons (Fsp3) is 0.130. The second-order valence-electron chi connectivity index (χ2n) is 6.37. The molecule has 1 heterocycles. The van der Waals surface area contributed by atoms with Gasteiger partial charge in [-0.25, -0.2) is 4.79 Å². The van der Waals surface area contributed by atoms with Gasteiger partial charge in [-0.3, -0.25) is 0 Å². The summed E-state index contributed by atoms with van der Waals surface area (Å²) in [5.74, 6) is 1.01. The Balaban J connectivity index is 1.64. The molecule has 0 atom stereocenters. The fourth-order valence-corrected chi connectivity index (χ4v) is 3.19. The van der Waals surface area contributed by atoms with Gasteiger partial charge in [0, 0.05) is 11.6 Å². The molecule has 3 rings (SSSR count). The zero-order valence-corrected chi connectivity index (χ0v) is 17.5. The van der Waals surface area contributed by atoms with Crippen LogP contribution >= 0.6 is 11.3 Å². The van der Waals surface area contributed by atoms with Crippen molar-refractivity contribution in [1.82, 2.24) is 0 Å². The fourth-order valence-electron chi connectivity index (χ4n) is 2.57. The SMILES string of the molecule is COc1ccc(/C=C\C(=O)O/N=C(\N)c2cccs2)cc1COc1ccc(C)cc1. The Kier molecular flexibility index (Phi) is 7.24. The molecule has 0 unspecified atom stereocenters. The average molecular weight is 423 g/mol. The summed E-state index contributed by atoms with van der Waals surface area (Å²) in [6, 6.07) is 17.0. The summed E-state index contributed by atoms with van der Waals surface area (Å²) < 4.78 is 11.3. The normalized spacial score (nSPS) is 11.5.